The number of amides is 2. The number of anilines is 1. The van der Waals surface area contributed by atoms with Crippen molar-refractivity contribution in [3.63, 3.8) is 0 Å². The molecule has 2 amide bonds. The summed E-state index contributed by atoms with van der Waals surface area (Å²) in [5, 5.41) is 8.44. The number of benzene rings is 2. The highest BCUT2D eigenvalue weighted by atomic mass is 79.9. The van der Waals surface area contributed by atoms with Gasteiger partial charge in [-0.25, -0.2) is 0 Å². The van der Waals surface area contributed by atoms with E-state index >= 15 is 0 Å². The molecule has 3 N–H and O–H groups in total. The van der Waals surface area contributed by atoms with Crippen LogP contribution >= 0.6 is 28.1 Å². The number of carbonyl (C=O) groups is 2. The molecule has 10 heteroatoms. The third kappa shape index (κ3) is 8.19. The second-order valence-electron chi connectivity index (χ2n) is 6.54. The van der Waals surface area contributed by atoms with Gasteiger partial charge in [0.25, 0.3) is 11.8 Å². The molecule has 2 aromatic carbocycles. The van der Waals surface area contributed by atoms with Crippen molar-refractivity contribution in [2.75, 3.05) is 45.9 Å². The van der Waals surface area contributed by atoms with Crippen LogP contribution in [-0.4, -0.2) is 57.5 Å². The molecule has 2 rings (SSSR count). The minimum Gasteiger partial charge on any atom is -0.490 e. The largest absolute Gasteiger partial charge is 0.490 e. The Labute approximate surface area is 201 Å². The van der Waals surface area contributed by atoms with E-state index in [0.717, 1.165) is 4.47 Å². The highest BCUT2D eigenvalue weighted by Crippen LogP contribution is 2.23. The van der Waals surface area contributed by atoms with Crippen LogP contribution < -0.4 is 20.7 Å². The van der Waals surface area contributed by atoms with Crippen molar-refractivity contribution in [1.29, 1.82) is 0 Å². The van der Waals surface area contributed by atoms with Crippen LogP contribution in [0.2, 0.25) is 0 Å². The first-order valence-electron chi connectivity index (χ1n) is 9.86. The quantitative estimate of drug-likeness (QED) is 0.306. The predicted octanol–water partition coefficient (Wildman–Crippen LogP) is 3.37. The standard InChI is InChI=1S/C22H26BrN3O5S/c1-29-11-5-10-24-20(27)16-6-3-4-7-18(16)25-22(32)26-21(28)17-14-15(23)8-9-19(17)31-13-12-30-2/h3-4,6-9,14H,5,10-13H2,1-2H3,(H,24,27)(H2,25,26,28,32). The first-order chi connectivity index (χ1) is 15.5. The Kier molecular flexibility index (Phi) is 11.1. The maximum Gasteiger partial charge on any atom is 0.261 e. The number of hydrogen-bond acceptors (Lipinski definition) is 6. The third-order valence-electron chi connectivity index (χ3n) is 4.19. The van der Waals surface area contributed by atoms with Gasteiger partial charge in [0.1, 0.15) is 12.4 Å². The Morgan fingerprint density at radius 3 is 2.47 bits per heavy atom. The number of methoxy groups -OCH3 is 2. The topological polar surface area (TPSA) is 97.9 Å². The summed E-state index contributed by atoms with van der Waals surface area (Å²) < 4.78 is 16.3. The molecule has 32 heavy (non-hydrogen) atoms. The van der Waals surface area contributed by atoms with Gasteiger partial charge < -0.3 is 24.8 Å². The third-order valence-corrected chi connectivity index (χ3v) is 4.89. The minimum absolute atomic E-state index is 0.0532. The molecule has 0 spiro atoms. The van der Waals surface area contributed by atoms with E-state index in [1.54, 1.807) is 56.7 Å². The van der Waals surface area contributed by atoms with Crippen LogP contribution in [-0.2, 0) is 9.47 Å². The summed E-state index contributed by atoms with van der Waals surface area (Å²) in [5.41, 5.74) is 1.20. The summed E-state index contributed by atoms with van der Waals surface area (Å²) in [6, 6.07) is 12.0. The van der Waals surface area contributed by atoms with Gasteiger partial charge in [-0.1, -0.05) is 28.1 Å². The van der Waals surface area contributed by atoms with Crippen LogP contribution in [0.1, 0.15) is 27.1 Å². The van der Waals surface area contributed by atoms with Crippen molar-refractivity contribution in [3.05, 3.63) is 58.1 Å². The van der Waals surface area contributed by atoms with Gasteiger partial charge >= 0.3 is 0 Å². The summed E-state index contributed by atoms with van der Waals surface area (Å²) in [4.78, 5) is 25.3. The predicted molar refractivity (Wildman–Crippen MR) is 130 cm³/mol. The highest BCUT2D eigenvalue weighted by molar-refractivity contribution is 9.10. The maximum absolute atomic E-state index is 12.8. The first kappa shape index (κ1) is 25.7. The SMILES string of the molecule is COCCCNC(=O)c1ccccc1NC(=S)NC(=O)c1cc(Br)ccc1OCCOC. The number of hydrogen-bond donors (Lipinski definition) is 3. The van der Waals surface area contributed by atoms with Crippen LogP contribution in [0.3, 0.4) is 0 Å². The van der Waals surface area contributed by atoms with Gasteiger partial charge in [0.05, 0.1) is 23.4 Å². The zero-order valence-corrected chi connectivity index (χ0v) is 20.3. The monoisotopic (exact) mass is 523 g/mol. The van der Waals surface area contributed by atoms with E-state index in [0.29, 0.717) is 55.4 Å². The van der Waals surface area contributed by atoms with Gasteiger partial charge in [-0.05, 0) is 49.0 Å². The lowest BCUT2D eigenvalue weighted by Gasteiger charge is -2.15. The number of nitrogens with one attached hydrogen (secondary N) is 3. The number of rotatable bonds is 11. The molecule has 0 aliphatic carbocycles. The number of ether oxygens (including phenoxy) is 3. The van der Waals surface area contributed by atoms with Crippen LogP contribution in [0.25, 0.3) is 0 Å². The van der Waals surface area contributed by atoms with Gasteiger partial charge in [-0.2, -0.15) is 0 Å². The molecule has 8 nitrogen and oxygen atoms in total. The van der Waals surface area contributed by atoms with Crippen LogP contribution in [0.5, 0.6) is 5.75 Å². The molecule has 0 saturated heterocycles. The molecule has 0 fully saturated rings. The van der Waals surface area contributed by atoms with Crippen molar-refractivity contribution in [2.45, 2.75) is 6.42 Å². The molecule has 0 aliphatic heterocycles. The number of para-hydroxylation sites is 1. The first-order valence-corrected chi connectivity index (χ1v) is 11.1. The molecule has 0 heterocycles. The Balaban J connectivity index is 2.05. The molecule has 0 atom stereocenters. The molecule has 2 aromatic rings. The molecular formula is C22H26BrN3O5S. The second kappa shape index (κ2) is 13.8. The van der Waals surface area contributed by atoms with Crippen LogP contribution in [0.15, 0.2) is 46.9 Å². The summed E-state index contributed by atoms with van der Waals surface area (Å²) in [6.07, 6.45) is 0.702. The van der Waals surface area contributed by atoms with Crippen molar-refractivity contribution in [2.24, 2.45) is 0 Å². The van der Waals surface area contributed by atoms with Crippen molar-refractivity contribution >= 4 is 50.8 Å². The molecule has 0 radical (unpaired) electrons. The number of carbonyl (C=O) groups excluding carboxylic acids is 2. The van der Waals surface area contributed by atoms with E-state index in [-0.39, 0.29) is 11.0 Å². The normalized spacial score (nSPS) is 10.3. The van der Waals surface area contributed by atoms with Crippen molar-refractivity contribution in [3.8, 4) is 5.75 Å². The van der Waals surface area contributed by atoms with Gasteiger partial charge in [-0.3, -0.25) is 14.9 Å². The van der Waals surface area contributed by atoms with Gasteiger partial charge in [-0.15, -0.1) is 0 Å². The Bertz CT molecular complexity index is 942. The molecule has 0 saturated carbocycles. The van der Waals surface area contributed by atoms with Gasteiger partial charge in [0, 0.05) is 31.8 Å². The lowest BCUT2D eigenvalue weighted by atomic mass is 10.1. The summed E-state index contributed by atoms with van der Waals surface area (Å²) in [6.45, 7) is 1.73. The van der Waals surface area contributed by atoms with Gasteiger partial charge in [0.2, 0.25) is 0 Å². The zero-order valence-electron chi connectivity index (χ0n) is 17.9. The average Bonchev–Trinajstić information content (AvgIpc) is 2.78. The minimum atomic E-state index is -0.447. The van der Waals surface area contributed by atoms with Crippen LogP contribution in [0.4, 0.5) is 5.69 Å². The highest BCUT2D eigenvalue weighted by Gasteiger charge is 2.17. The lowest BCUT2D eigenvalue weighted by molar-refractivity contribution is 0.0947. The van der Waals surface area contributed by atoms with E-state index in [1.165, 1.54) is 0 Å². The van der Waals surface area contributed by atoms with Gasteiger partial charge in [0.15, 0.2) is 5.11 Å². The number of thiocarbonyl (C=S) groups is 1. The fourth-order valence-corrected chi connectivity index (χ4v) is 3.23. The van der Waals surface area contributed by atoms with E-state index < -0.39 is 5.91 Å². The Hall–Kier alpha value is -2.53. The lowest BCUT2D eigenvalue weighted by Crippen LogP contribution is -2.35. The summed E-state index contributed by atoms with van der Waals surface area (Å²) in [7, 11) is 3.18. The molecule has 0 unspecified atom stereocenters. The molecule has 0 aliphatic rings. The zero-order chi connectivity index (χ0) is 23.3. The van der Waals surface area contributed by atoms with Crippen LogP contribution in [0, 0.1) is 0 Å². The molecule has 172 valence electrons. The fraction of sp³-hybridized carbons (Fsp3) is 0.318. The molecule has 0 bridgehead atoms. The van der Waals surface area contributed by atoms with E-state index in [4.69, 9.17) is 26.4 Å². The second-order valence-corrected chi connectivity index (χ2v) is 7.86. The summed E-state index contributed by atoms with van der Waals surface area (Å²) >= 11 is 8.66. The van der Waals surface area contributed by atoms with Crippen molar-refractivity contribution < 1.29 is 23.8 Å². The van der Waals surface area contributed by atoms with E-state index in [9.17, 15) is 9.59 Å². The Morgan fingerprint density at radius 1 is 0.969 bits per heavy atom. The Morgan fingerprint density at radius 2 is 1.72 bits per heavy atom. The molecule has 0 aromatic heterocycles. The van der Waals surface area contributed by atoms with E-state index in [1.807, 2.05) is 0 Å². The number of halogens is 1. The van der Waals surface area contributed by atoms with E-state index in [2.05, 4.69) is 31.9 Å². The smallest absolute Gasteiger partial charge is 0.261 e. The molecular weight excluding hydrogens is 498 g/mol. The van der Waals surface area contributed by atoms with Crippen molar-refractivity contribution in [1.82, 2.24) is 10.6 Å². The average molecular weight is 524 g/mol. The fourth-order valence-electron chi connectivity index (χ4n) is 2.67. The maximum atomic E-state index is 12.8. The summed E-state index contributed by atoms with van der Waals surface area (Å²) in [5.74, 6) is -0.293.